The van der Waals surface area contributed by atoms with Crippen LogP contribution in [0.2, 0.25) is 0 Å². The zero-order valence-electron chi connectivity index (χ0n) is 10.9. The topological polar surface area (TPSA) is 68.0 Å². The number of pyridine rings is 1. The first-order chi connectivity index (χ1) is 8.65. The number of hydrogen-bond acceptors (Lipinski definition) is 3. The highest BCUT2D eigenvalue weighted by Gasteiger charge is 2.24. The molecule has 0 aromatic carbocycles. The molecule has 1 aromatic heterocycles. The Hall–Kier alpha value is -1.42. The van der Waals surface area contributed by atoms with Gasteiger partial charge in [0.15, 0.2) is 0 Å². The van der Waals surface area contributed by atoms with Gasteiger partial charge in [-0.15, -0.1) is 0 Å². The molecule has 1 aromatic rings. The molecule has 0 saturated heterocycles. The Morgan fingerprint density at radius 1 is 1.39 bits per heavy atom. The van der Waals surface area contributed by atoms with Crippen LogP contribution in [0.25, 0.3) is 0 Å². The minimum Gasteiger partial charge on any atom is -0.369 e. The summed E-state index contributed by atoms with van der Waals surface area (Å²) < 4.78 is 0. The van der Waals surface area contributed by atoms with E-state index in [1.807, 2.05) is 19.2 Å². The first kappa shape index (κ1) is 13.0. The molecule has 0 aliphatic heterocycles. The Morgan fingerprint density at radius 2 is 2.11 bits per heavy atom. The van der Waals surface area contributed by atoms with Gasteiger partial charge in [-0.1, -0.05) is 6.07 Å². The summed E-state index contributed by atoms with van der Waals surface area (Å²) in [7, 11) is 0. The first-order valence-corrected chi connectivity index (χ1v) is 6.59. The van der Waals surface area contributed by atoms with Gasteiger partial charge in [-0.25, -0.2) is 0 Å². The van der Waals surface area contributed by atoms with E-state index in [1.165, 1.54) is 5.56 Å². The number of primary amides is 1. The van der Waals surface area contributed by atoms with Gasteiger partial charge in [0.1, 0.15) is 0 Å². The number of rotatable bonds is 4. The number of amides is 1. The maximum Gasteiger partial charge on any atom is 0.220 e. The van der Waals surface area contributed by atoms with Crippen LogP contribution in [-0.4, -0.2) is 16.9 Å². The second-order valence-corrected chi connectivity index (χ2v) is 5.14. The average Bonchev–Trinajstić information content (AvgIpc) is 2.38. The second kappa shape index (κ2) is 5.96. The van der Waals surface area contributed by atoms with E-state index < -0.39 is 0 Å². The minimum absolute atomic E-state index is 0.0871. The van der Waals surface area contributed by atoms with E-state index in [1.54, 1.807) is 0 Å². The molecular formula is C14H21N3O. The molecule has 1 aliphatic carbocycles. The van der Waals surface area contributed by atoms with Crippen molar-refractivity contribution in [2.45, 2.75) is 45.2 Å². The SMILES string of the molecule is Cc1ccc(CNC2CCC(C(N)=O)CC2)cn1. The summed E-state index contributed by atoms with van der Waals surface area (Å²) in [6.07, 6.45) is 5.81. The summed E-state index contributed by atoms with van der Waals surface area (Å²) in [5, 5.41) is 3.52. The van der Waals surface area contributed by atoms with Gasteiger partial charge in [-0.05, 0) is 44.2 Å². The number of nitrogens with one attached hydrogen (secondary N) is 1. The van der Waals surface area contributed by atoms with Crippen molar-refractivity contribution in [2.75, 3.05) is 0 Å². The lowest BCUT2D eigenvalue weighted by molar-refractivity contribution is -0.122. The standard InChI is InChI=1S/C14H21N3O/c1-10-2-3-11(8-16-10)9-17-13-6-4-12(5-7-13)14(15)18/h2-3,8,12-13,17H,4-7,9H2,1H3,(H2,15,18). The van der Waals surface area contributed by atoms with Gasteiger partial charge in [0.05, 0.1) is 0 Å². The Balaban J connectivity index is 1.75. The van der Waals surface area contributed by atoms with Gasteiger partial charge >= 0.3 is 0 Å². The van der Waals surface area contributed by atoms with E-state index in [9.17, 15) is 4.79 Å². The molecule has 3 N–H and O–H groups in total. The Bertz CT molecular complexity index is 394. The van der Waals surface area contributed by atoms with E-state index in [2.05, 4.69) is 16.4 Å². The van der Waals surface area contributed by atoms with Gasteiger partial charge in [-0.2, -0.15) is 0 Å². The van der Waals surface area contributed by atoms with E-state index >= 15 is 0 Å². The van der Waals surface area contributed by atoms with Crippen molar-refractivity contribution in [3.63, 3.8) is 0 Å². The predicted octanol–water partition coefficient (Wildman–Crippen LogP) is 1.52. The van der Waals surface area contributed by atoms with Crippen LogP contribution >= 0.6 is 0 Å². The Kier molecular flexibility index (Phi) is 4.31. The van der Waals surface area contributed by atoms with Crippen molar-refractivity contribution in [3.8, 4) is 0 Å². The van der Waals surface area contributed by atoms with Crippen LogP contribution in [0.5, 0.6) is 0 Å². The molecular weight excluding hydrogens is 226 g/mol. The number of nitrogens with two attached hydrogens (primary N) is 1. The summed E-state index contributed by atoms with van der Waals surface area (Å²) in [5.74, 6) is -0.0553. The van der Waals surface area contributed by atoms with Gasteiger partial charge < -0.3 is 11.1 Å². The third kappa shape index (κ3) is 3.53. The Labute approximate surface area is 108 Å². The lowest BCUT2D eigenvalue weighted by atomic mass is 9.85. The fourth-order valence-corrected chi connectivity index (χ4v) is 2.45. The molecule has 4 nitrogen and oxygen atoms in total. The summed E-state index contributed by atoms with van der Waals surface area (Å²) in [6, 6.07) is 4.63. The van der Waals surface area contributed by atoms with Crippen molar-refractivity contribution >= 4 is 5.91 Å². The molecule has 0 bridgehead atoms. The van der Waals surface area contributed by atoms with Crippen molar-refractivity contribution in [2.24, 2.45) is 11.7 Å². The normalized spacial score (nSPS) is 23.8. The number of carbonyl (C=O) groups excluding carboxylic acids is 1. The molecule has 4 heteroatoms. The van der Waals surface area contributed by atoms with Crippen LogP contribution in [0.3, 0.4) is 0 Å². The quantitative estimate of drug-likeness (QED) is 0.847. The molecule has 0 atom stereocenters. The minimum atomic E-state index is -0.142. The monoisotopic (exact) mass is 247 g/mol. The van der Waals surface area contributed by atoms with Crippen molar-refractivity contribution < 1.29 is 4.79 Å². The lowest BCUT2D eigenvalue weighted by Gasteiger charge is -2.27. The predicted molar refractivity (Wildman–Crippen MR) is 70.8 cm³/mol. The largest absolute Gasteiger partial charge is 0.369 e. The zero-order valence-corrected chi connectivity index (χ0v) is 10.9. The van der Waals surface area contributed by atoms with Crippen LogP contribution in [-0.2, 0) is 11.3 Å². The molecule has 2 rings (SSSR count). The summed E-state index contributed by atoms with van der Waals surface area (Å²) in [5.41, 5.74) is 7.57. The number of nitrogens with zero attached hydrogens (tertiary/aromatic N) is 1. The lowest BCUT2D eigenvalue weighted by Crippen LogP contribution is -2.36. The van der Waals surface area contributed by atoms with E-state index in [0.717, 1.165) is 37.9 Å². The molecule has 1 aliphatic rings. The van der Waals surface area contributed by atoms with E-state index in [-0.39, 0.29) is 11.8 Å². The fraction of sp³-hybridized carbons (Fsp3) is 0.571. The number of aromatic nitrogens is 1. The van der Waals surface area contributed by atoms with Gasteiger partial charge in [0, 0.05) is 30.4 Å². The molecule has 1 saturated carbocycles. The Morgan fingerprint density at radius 3 is 2.67 bits per heavy atom. The van der Waals surface area contributed by atoms with Crippen LogP contribution < -0.4 is 11.1 Å². The van der Waals surface area contributed by atoms with Crippen LogP contribution in [0.1, 0.15) is 36.9 Å². The van der Waals surface area contributed by atoms with Crippen molar-refractivity contribution in [1.82, 2.24) is 10.3 Å². The molecule has 1 heterocycles. The summed E-state index contributed by atoms with van der Waals surface area (Å²) in [4.78, 5) is 15.3. The third-order valence-corrected chi connectivity index (χ3v) is 3.70. The summed E-state index contributed by atoms with van der Waals surface area (Å²) in [6.45, 7) is 2.83. The maximum atomic E-state index is 11.1. The third-order valence-electron chi connectivity index (χ3n) is 3.70. The van der Waals surface area contributed by atoms with Crippen LogP contribution in [0.15, 0.2) is 18.3 Å². The number of carbonyl (C=O) groups is 1. The zero-order chi connectivity index (χ0) is 13.0. The van der Waals surface area contributed by atoms with Gasteiger partial charge in [0.25, 0.3) is 0 Å². The fourth-order valence-electron chi connectivity index (χ4n) is 2.45. The highest BCUT2D eigenvalue weighted by Crippen LogP contribution is 2.24. The van der Waals surface area contributed by atoms with Crippen molar-refractivity contribution in [3.05, 3.63) is 29.6 Å². The molecule has 98 valence electrons. The van der Waals surface area contributed by atoms with Gasteiger partial charge in [-0.3, -0.25) is 9.78 Å². The smallest absolute Gasteiger partial charge is 0.220 e. The van der Waals surface area contributed by atoms with Crippen LogP contribution in [0.4, 0.5) is 0 Å². The van der Waals surface area contributed by atoms with Crippen molar-refractivity contribution in [1.29, 1.82) is 0 Å². The van der Waals surface area contributed by atoms with E-state index in [4.69, 9.17) is 5.73 Å². The molecule has 1 amide bonds. The number of hydrogen-bond donors (Lipinski definition) is 2. The average molecular weight is 247 g/mol. The highest BCUT2D eigenvalue weighted by molar-refractivity contribution is 5.76. The maximum absolute atomic E-state index is 11.1. The molecule has 0 unspecified atom stereocenters. The number of aryl methyl sites for hydroxylation is 1. The molecule has 18 heavy (non-hydrogen) atoms. The van der Waals surface area contributed by atoms with Crippen LogP contribution in [0, 0.1) is 12.8 Å². The molecule has 0 radical (unpaired) electrons. The first-order valence-electron chi connectivity index (χ1n) is 6.59. The van der Waals surface area contributed by atoms with E-state index in [0.29, 0.717) is 6.04 Å². The second-order valence-electron chi connectivity index (χ2n) is 5.14. The van der Waals surface area contributed by atoms with Gasteiger partial charge in [0.2, 0.25) is 5.91 Å². The summed E-state index contributed by atoms with van der Waals surface area (Å²) >= 11 is 0. The highest BCUT2D eigenvalue weighted by atomic mass is 16.1. The molecule has 0 spiro atoms. The molecule has 1 fully saturated rings.